The summed E-state index contributed by atoms with van der Waals surface area (Å²) in [4.78, 5) is 9.19. The van der Waals surface area contributed by atoms with Crippen LogP contribution in [-0.4, -0.2) is 28.4 Å². The highest BCUT2D eigenvalue weighted by Crippen LogP contribution is 2.26. The Morgan fingerprint density at radius 2 is 1.47 bits per heavy atom. The van der Waals surface area contributed by atoms with Gasteiger partial charge in [-0.3, -0.25) is 0 Å². The van der Waals surface area contributed by atoms with Gasteiger partial charge in [0.1, 0.15) is 11.5 Å². The summed E-state index contributed by atoms with van der Waals surface area (Å²) in [6, 6.07) is 26.5. The fourth-order valence-corrected chi connectivity index (χ4v) is 2.92. The minimum Gasteiger partial charge on any atom is -0.507 e. The lowest BCUT2D eigenvalue weighted by atomic mass is 10.1. The summed E-state index contributed by atoms with van der Waals surface area (Å²) in [5, 5.41) is 14.1. The second-order valence-corrected chi connectivity index (χ2v) is 6.49. The van der Waals surface area contributed by atoms with Crippen LogP contribution in [-0.2, 0) is 0 Å². The number of para-hydroxylation sites is 1. The first kappa shape index (κ1) is 19.1. The molecule has 0 radical (unpaired) electrons. The van der Waals surface area contributed by atoms with Crippen molar-refractivity contribution < 1.29 is 9.84 Å². The molecule has 1 aromatic heterocycles. The molecule has 0 aliphatic carbocycles. The standard InChI is InChI=1S/C24H20N4O2/c1-30-20-13-11-18(12-14-20)22-15-21(17-7-3-2-4-8-17)26-24(27-22)28-25-16-19-9-5-6-10-23(19)29/h2-16,29H,1H3,(H,26,27,28). The number of aromatic nitrogens is 2. The molecule has 0 saturated heterocycles. The number of ether oxygens (including phenoxy) is 1. The van der Waals surface area contributed by atoms with E-state index in [9.17, 15) is 5.11 Å². The van der Waals surface area contributed by atoms with E-state index in [1.165, 1.54) is 6.21 Å². The summed E-state index contributed by atoms with van der Waals surface area (Å²) in [6.45, 7) is 0. The highest BCUT2D eigenvalue weighted by molar-refractivity contribution is 5.83. The molecule has 148 valence electrons. The van der Waals surface area contributed by atoms with E-state index in [0.717, 1.165) is 28.3 Å². The zero-order chi connectivity index (χ0) is 20.8. The number of hydrogen-bond donors (Lipinski definition) is 2. The van der Waals surface area contributed by atoms with Crippen LogP contribution in [0.3, 0.4) is 0 Å². The van der Waals surface area contributed by atoms with E-state index >= 15 is 0 Å². The Balaban J connectivity index is 1.69. The number of phenols is 1. The van der Waals surface area contributed by atoms with Crippen LogP contribution in [0.25, 0.3) is 22.5 Å². The monoisotopic (exact) mass is 396 g/mol. The van der Waals surface area contributed by atoms with Crippen molar-refractivity contribution in [2.24, 2.45) is 5.10 Å². The second-order valence-electron chi connectivity index (χ2n) is 6.49. The number of phenolic OH excluding ortho intramolecular Hbond substituents is 1. The number of nitrogens with one attached hydrogen (secondary N) is 1. The SMILES string of the molecule is COc1ccc(-c2cc(-c3ccccc3)nc(NN=Cc3ccccc3O)n2)cc1. The molecule has 0 aliphatic rings. The summed E-state index contributed by atoms with van der Waals surface area (Å²) in [5.74, 6) is 1.29. The number of methoxy groups -OCH3 is 1. The molecule has 0 fully saturated rings. The van der Waals surface area contributed by atoms with E-state index < -0.39 is 0 Å². The maximum Gasteiger partial charge on any atom is 0.244 e. The Kier molecular flexibility index (Phi) is 5.66. The van der Waals surface area contributed by atoms with Crippen molar-refractivity contribution >= 4 is 12.2 Å². The van der Waals surface area contributed by atoms with Gasteiger partial charge in [-0.05, 0) is 42.5 Å². The summed E-state index contributed by atoms with van der Waals surface area (Å²) < 4.78 is 5.24. The summed E-state index contributed by atoms with van der Waals surface area (Å²) in [5.41, 5.74) is 6.91. The van der Waals surface area contributed by atoms with Crippen molar-refractivity contribution in [1.82, 2.24) is 9.97 Å². The average Bonchev–Trinajstić information content (AvgIpc) is 2.81. The highest BCUT2D eigenvalue weighted by Gasteiger charge is 2.09. The number of hydrogen-bond acceptors (Lipinski definition) is 6. The van der Waals surface area contributed by atoms with Gasteiger partial charge in [0, 0.05) is 16.7 Å². The van der Waals surface area contributed by atoms with Crippen LogP contribution in [0.15, 0.2) is 90.0 Å². The predicted molar refractivity (Wildman–Crippen MR) is 119 cm³/mol. The molecule has 1 heterocycles. The van der Waals surface area contributed by atoms with Crippen LogP contribution in [0.1, 0.15) is 5.56 Å². The van der Waals surface area contributed by atoms with Crippen LogP contribution < -0.4 is 10.2 Å². The molecular formula is C24H20N4O2. The van der Waals surface area contributed by atoms with Crippen LogP contribution >= 0.6 is 0 Å². The van der Waals surface area contributed by atoms with Crippen molar-refractivity contribution in [2.75, 3.05) is 12.5 Å². The van der Waals surface area contributed by atoms with Crippen molar-refractivity contribution in [3.8, 4) is 34.0 Å². The molecule has 0 saturated carbocycles. The third-order valence-corrected chi connectivity index (χ3v) is 4.49. The smallest absolute Gasteiger partial charge is 0.244 e. The zero-order valence-corrected chi connectivity index (χ0v) is 16.4. The number of anilines is 1. The number of aromatic hydroxyl groups is 1. The average molecular weight is 396 g/mol. The molecule has 30 heavy (non-hydrogen) atoms. The third kappa shape index (κ3) is 4.44. The molecule has 3 aromatic carbocycles. The minimum atomic E-state index is 0.154. The number of nitrogens with zero attached hydrogens (tertiary/aromatic N) is 3. The molecule has 0 aliphatic heterocycles. The Labute approximate surface area is 174 Å². The Hall–Kier alpha value is -4.19. The fraction of sp³-hybridized carbons (Fsp3) is 0.0417. The fourth-order valence-electron chi connectivity index (χ4n) is 2.92. The van der Waals surface area contributed by atoms with Crippen LogP contribution in [0.2, 0.25) is 0 Å². The first-order valence-electron chi connectivity index (χ1n) is 9.39. The lowest BCUT2D eigenvalue weighted by Gasteiger charge is -2.09. The van der Waals surface area contributed by atoms with Gasteiger partial charge in [0.25, 0.3) is 0 Å². The van der Waals surface area contributed by atoms with E-state index in [2.05, 4.69) is 20.5 Å². The molecule has 0 spiro atoms. The molecule has 0 unspecified atom stereocenters. The van der Waals surface area contributed by atoms with Gasteiger partial charge in [-0.15, -0.1) is 0 Å². The number of rotatable bonds is 6. The molecule has 4 rings (SSSR count). The predicted octanol–water partition coefficient (Wildman–Crippen LogP) is 4.97. The molecule has 2 N–H and O–H groups in total. The lowest BCUT2D eigenvalue weighted by Crippen LogP contribution is -2.00. The molecule has 0 bridgehead atoms. The van der Waals surface area contributed by atoms with Crippen LogP contribution in [0.4, 0.5) is 5.95 Å². The molecule has 6 heteroatoms. The van der Waals surface area contributed by atoms with Gasteiger partial charge >= 0.3 is 0 Å². The summed E-state index contributed by atoms with van der Waals surface area (Å²) in [6.07, 6.45) is 1.53. The summed E-state index contributed by atoms with van der Waals surface area (Å²) in [7, 11) is 1.64. The van der Waals surface area contributed by atoms with Gasteiger partial charge in [-0.25, -0.2) is 15.4 Å². The molecule has 4 aromatic rings. The Morgan fingerprint density at radius 3 is 2.13 bits per heavy atom. The first-order chi connectivity index (χ1) is 14.7. The van der Waals surface area contributed by atoms with Gasteiger partial charge in [0.15, 0.2) is 0 Å². The van der Waals surface area contributed by atoms with Crippen molar-refractivity contribution in [3.05, 3.63) is 90.5 Å². The maximum atomic E-state index is 9.88. The van der Waals surface area contributed by atoms with Crippen molar-refractivity contribution in [1.29, 1.82) is 0 Å². The van der Waals surface area contributed by atoms with Gasteiger partial charge in [0.05, 0.1) is 24.7 Å². The topological polar surface area (TPSA) is 79.6 Å². The van der Waals surface area contributed by atoms with E-state index in [4.69, 9.17) is 4.74 Å². The van der Waals surface area contributed by atoms with E-state index in [0.29, 0.717) is 11.5 Å². The number of hydrazone groups is 1. The Morgan fingerprint density at radius 1 is 0.833 bits per heavy atom. The van der Waals surface area contributed by atoms with Crippen molar-refractivity contribution in [2.45, 2.75) is 0 Å². The highest BCUT2D eigenvalue weighted by atomic mass is 16.5. The van der Waals surface area contributed by atoms with Gasteiger partial charge in [-0.2, -0.15) is 5.10 Å². The van der Waals surface area contributed by atoms with E-state index in [-0.39, 0.29) is 5.75 Å². The molecule has 0 atom stereocenters. The van der Waals surface area contributed by atoms with E-state index in [1.807, 2.05) is 66.7 Å². The first-order valence-corrected chi connectivity index (χ1v) is 9.39. The molecular weight excluding hydrogens is 376 g/mol. The lowest BCUT2D eigenvalue weighted by molar-refractivity contribution is 0.415. The second kappa shape index (κ2) is 8.87. The zero-order valence-electron chi connectivity index (χ0n) is 16.4. The van der Waals surface area contributed by atoms with Gasteiger partial charge in [0.2, 0.25) is 5.95 Å². The largest absolute Gasteiger partial charge is 0.507 e. The van der Waals surface area contributed by atoms with E-state index in [1.54, 1.807) is 25.3 Å². The third-order valence-electron chi connectivity index (χ3n) is 4.49. The molecule has 0 amide bonds. The van der Waals surface area contributed by atoms with Gasteiger partial charge < -0.3 is 9.84 Å². The quantitative estimate of drug-likeness (QED) is 0.355. The van der Waals surface area contributed by atoms with Crippen molar-refractivity contribution in [3.63, 3.8) is 0 Å². The van der Waals surface area contributed by atoms with Crippen LogP contribution in [0, 0.1) is 0 Å². The van der Waals surface area contributed by atoms with Crippen LogP contribution in [0.5, 0.6) is 11.5 Å². The Bertz CT molecular complexity index is 1160. The summed E-state index contributed by atoms with van der Waals surface area (Å²) >= 11 is 0. The van der Waals surface area contributed by atoms with Gasteiger partial charge in [-0.1, -0.05) is 42.5 Å². The number of benzene rings is 3. The normalized spacial score (nSPS) is 10.8. The maximum absolute atomic E-state index is 9.88. The molecule has 6 nitrogen and oxygen atoms in total. The minimum absolute atomic E-state index is 0.154.